The topological polar surface area (TPSA) is 94.2 Å². The Hall–Kier alpha value is -3.29. The van der Waals surface area contributed by atoms with Crippen LogP contribution in [-0.4, -0.2) is 50.6 Å². The molecule has 3 heterocycles. The van der Waals surface area contributed by atoms with Crippen LogP contribution in [0.15, 0.2) is 47.2 Å². The Morgan fingerprint density at radius 3 is 2.62 bits per heavy atom. The van der Waals surface area contributed by atoms with E-state index in [2.05, 4.69) is 20.1 Å². The number of aromatic nitrogens is 4. The van der Waals surface area contributed by atoms with Gasteiger partial charge in [-0.2, -0.15) is 4.98 Å². The van der Waals surface area contributed by atoms with E-state index in [1.54, 1.807) is 47.6 Å². The van der Waals surface area contributed by atoms with Crippen molar-refractivity contribution in [2.75, 3.05) is 19.7 Å². The van der Waals surface area contributed by atoms with Crippen LogP contribution in [0.3, 0.4) is 0 Å². The van der Waals surface area contributed by atoms with Gasteiger partial charge in [0.15, 0.2) is 0 Å². The van der Waals surface area contributed by atoms with Gasteiger partial charge in [-0.15, -0.1) is 0 Å². The highest BCUT2D eigenvalue weighted by molar-refractivity contribution is 5.95. The first-order valence-electron chi connectivity index (χ1n) is 8.37. The predicted molar refractivity (Wildman–Crippen MR) is 91.6 cm³/mol. The fourth-order valence-electron chi connectivity index (χ4n) is 2.75. The lowest BCUT2D eigenvalue weighted by molar-refractivity contribution is 0.0569. The number of hydrogen-bond donors (Lipinski definition) is 0. The van der Waals surface area contributed by atoms with Gasteiger partial charge >= 0.3 is 0 Å². The molecule has 0 radical (unpaired) electrons. The molecule has 1 aliphatic heterocycles. The third kappa shape index (κ3) is 3.13. The van der Waals surface area contributed by atoms with Gasteiger partial charge in [-0.3, -0.25) is 4.79 Å². The van der Waals surface area contributed by atoms with Gasteiger partial charge in [0.25, 0.3) is 5.91 Å². The van der Waals surface area contributed by atoms with Crippen LogP contribution in [0, 0.1) is 0 Å². The second kappa shape index (κ2) is 6.91. The maximum atomic E-state index is 12.5. The van der Waals surface area contributed by atoms with Crippen molar-refractivity contribution in [3.8, 4) is 17.4 Å². The number of nitrogens with zero attached hydrogens (tertiary/aromatic N) is 5. The number of carbonyl (C=O) groups is 1. The van der Waals surface area contributed by atoms with Gasteiger partial charge in [0.2, 0.25) is 17.5 Å². The summed E-state index contributed by atoms with van der Waals surface area (Å²) in [5.41, 5.74) is 0.635. The summed E-state index contributed by atoms with van der Waals surface area (Å²) in [4.78, 5) is 26.8. The van der Waals surface area contributed by atoms with Crippen LogP contribution in [0.1, 0.15) is 29.1 Å². The molecule has 8 nitrogen and oxygen atoms in total. The SMILES string of the molecule is CCOc1ccc(C(=O)N2CC(c3nc(-c4ncccn4)no3)C2)cc1. The monoisotopic (exact) mass is 351 g/mol. The standard InChI is InChI=1S/C18H17N5O3/c1-2-25-14-6-4-12(5-7-14)18(24)23-10-13(11-23)17-21-16(22-26-17)15-19-8-3-9-20-15/h3-9,13H,2,10-11H2,1H3. The minimum absolute atomic E-state index is 0.0181. The Labute approximate surface area is 149 Å². The third-order valence-corrected chi connectivity index (χ3v) is 4.14. The first-order chi connectivity index (χ1) is 12.7. The fraction of sp³-hybridized carbons (Fsp3) is 0.278. The molecule has 1 saturated heterocycles. The van der Waals surface area contributed by atoms with E-state index in [-0.39, 0.29) is 11.8 Å². The van der Waals surface area contributed by atoms with Crippen molar-refractivity contribution in [2.24, 2.45) is 0 Å². The normalized spacial score (nSPS) is 14.1. The lowest BCUT2D eigenvalue weighted by atomic mass is 9.99. The number of rotatable bonds is 5. The third-order valence-electron chi connectivity index (χ3n) is 4.14. The quantitative estimate of drug-likeness (QED) is 0.695. The highest BCUT2D eigenvalue weighted by atomic mass is 16.5. The molecule has 3 aromatic rings. The summed E-state index contributed by atoms with van der Waals surface area (Å²) >= 11 is 0. The van der Waals surface area contributed by atoms with E-state index in [9.17, 15) is 4.79 Å². The Balaban J connectivity index is 1.38. The van der Waals surface area contributed by atoms with Crippen LogP contribution >= 0.6 is 0 Å². The van der Waals surface area contributed by atoms with Gasteiger partial charge in [0.05, 0.1) is 12.5 Å². The van der Waals surface area contributed by atoms with Crippen LogP contribution in [0.25, 0.3) is 11.6 Å². The molecule has 1 aliphatic rings. The molecule has 0 bridgehead atoms. The van der Waals surface area contributed by atoms with E-state index < -0.39 is 0 Å². The van der Waals surface area contributed by atoms with Crippen molar-refractivity contribution in [1.29, 1.82) is 0 Å². The minimum Gasteiger partial charge on any atom is -0.494 e. The zero-order valence-corrected chi connectivity index (χ0v) is 14.2. The van der Waals surface area contributed by atoms with Gasteiger partial charge in [-0.05, 0) is 37.3 Å². The molecule has 1 fully saturated rings. The molecule has 8 heteroatoms. The van der Waals surface area contributed by atoms with Crippen molar-refractivity contribution in [3.63, 3.8) is 0 Å². The zero-order valence-electron chi connectivity index (χ0n) is 14.2. The van der Waals surface area contributed by atoms with Crippen molar-refractivity contribution in [2.45, 2.75) is 12.8 Å². The summed E-state index contributed by atoms with van der Waals surface area (Å²) in [6.07, 6.45) is 3.25. The second-order valence-corrected chi connectivity index (χ2v) is 5.89. The van der Waals surface area contributed by atoms with Crippen molar-refractivity contribution in [1.82, 2.24) is 25.0 Å². The molecule has 0 aliphatic carbocycles. The molecule has 4 rings (SSSR count). The first kappa shape index (κ1) is 16.2. The van der Waals surface area contributed by atoms with E-state index >= 15 is 0 Å². The number of amides is 1. The Kier molecular flexibility index (Phi) is 4.30. The molecule has 132 valence electrons. The van der Waals surface area contributed by atoms with Crippen molar-refractivity contribution < 1.29 is 14.1 Å². The smallest absolute Gasteiger partial charge is 0.253 e. The molecule has 0 N–H and O–H groups in total. The second-order valence-electron chi connectivity index (χ2n) is 5.89. The van der Waals surface area contributed by atoms with E-state index in [0.29, 0.717) is 42.8 Å². The lowest BCUT2D eigenvalue weighted by Gasteiger charge is -2.37. The van der Waals surface area contributed by atoms with Gasteiger partial charge < -0.3 is 14.2 Å². The van der Waals surface area contributed by atoms with Crippen LogP contribution < -0.4 is 4.74 Å². The summed E-state index contributed by atoms with van der Waals surface area (Å²) in [7, 11) is 0. The Morgan fingerprint density at radius 2 is 1.92 bits per heavy atom. The number of hydrogen-bond acceptors (Lipinski definition) is 7. The van der Waals surface area contributed by atoms with Gasteiger partial charge in [-0.1, -0.05) is 5.16 Å². The van der Waals surface area contributed by atoms with E-state index in [1.807, 2.05) is 6.92 Å². The highest BCUT2D eigenvalue weighted by Gasteiger charge is 2.36. The van der Waals surface area contributed by atoms with Gasteiger partial charge in [0, 0.05) is 31.0 Å². The number of benzene rings is 1. The maximum absolute atomic E-state index is 12.5. The van der Waals surface area contributed by atoms with E-state index in [4.69, 9.17) is 9.26 Å². The molecule has 2 aromatic heterocycles. The molecule has 1 aromatic carbocycles. The predicted octanol–water partition coefficient (Wildman–Crippen LogP) is 2.16. The zero-order chi connectivity index (χ0) is 17.9. The first-order valence-corrected chi connectivity index (χ1v) is 8.37. The number of ether oxygens (including phenoxy) is 1. The minimum atomic E-state index is -0.0181. The maximum Gasteiger partial charge on any atom is 0.253 e. The molecule has 0 spiro atoms. The number of carbonyl (C=O) groups excluding carboxylic acids is 1. The summed E-state index contributed by atoms with van der Waals surface area (Å²) in [5, 5.41) is 3.92. The van der Waals surface area contributed by atoms with Crippen molar-refractivity contribution in [3.05, 3.63) is 54.2 Å². The van der Waals surface area contributed by atoms with Crippen LogP contribution in [0.4, 0.5) is 0 Å². The van der Waals surface area contributed by atoms with Crippen LogP contribution in [0.2, 0.25) is 0 Å². The molecule has 0 saturated carbocycles. The molecule has 0 unspecified atom stereocenters. The highest BCUT2D eigenvalue weighted by Crippen LogP contribution is 2.28. The summed E-state index contributed by atoms with van der Waals surface area (Å²) < 4.78 is 10.7. The summed E-state index contributed by atoms with van der Waals surface area (Å²) in [6.45, 7) is 3.61. The van der Waals surface area contributed by atoms with E-state index in [1.165, 1.54) is 0 Å². The largest absolute Gasteiger partial charge is 0.494 e. The number of likely N-dealkylation sites (tertiary alicyclic amines) is 1. The van der Waals surface area contributed by atoms with Gasteiger partial charge in [0.1, 0.15) is 5.75 Å². The van der Waals surface area contributed by atoms with E-state index in [0.717, 1.165) is 5.75 Å². The lowest BCUT2D eigenvalue weighted by Crippen LogP contribution is -2.48. The molecule has 1 amide bonds. The molecular weight excluding hydrogens is 334 g/mol. The Morgan fingerprint density at radius 1 is 1.19 bits per heavy atom. The summed E-state index contributed by atoms with van der Waals surface area (Å²) in [6, 6.07) is 8.88. The van der Waals surface area contributed by atoms with Crippen LogP contribution in [-0.2, 0) is 0 Å². The molecule has 0 atom stereocenters. The van der Waals surface area contributed by atoms with Gasteiger partial charge in [-0.25, -0.2) is 9.97 Å². The molecule has 26 heavy (non-hydrogen) atoms. The fourth-order valence-corrected chi connectivity index (χ4v) is 2.75. The van der Waals surface area contributed by atoms with Crippen LogP contribution in [0.5, 0.6) is 5.75 Å². The summed E-state index contributed by atoms with van der Waals surface area (Å²) in [5.74, 6) is 2.05. The average Bonchev–Trinajstić information content (AvgIpc) is 3.12. The average molecular weight is 351 g/mol. The van der Waals surface area contributed by atoms with Crippen molar-refractivity contribution >= 4 is 5.91 Å². The Bertz CT molecular complexity index is 889. The molecular formula is C18H17N5O3.